The van der Waals surface area contributed by atoms with Crippen LogP contribution in [-0.4, -0.2) is 4.98 Å². The fourth-order valence-corrected chi connectivity index (χ4v) is 7.14. The molecule has 9 rings (SSSR count). The molecule has 1 nitrogen and oxygen atoms in total. The van der Waals surface area contributed by atoms with Crippen molar-refractivity contribution in [2.45, 2.75) is 0 Å². The van der Waals surface area contributed by atoms with Crippen LogP contribution in [0, 0.1) is 0 Å². The highest BCUT2D eigenvalue weighted by Gasteiger charge is 2.17. The number of fused-ring (bicyclic) bond motifs is 7. The summed E-state index contributed by atoms with van der Waals surface area (Å²) >= 11 is 0. The van der Waals surface area contributed by atoms with E-state index in [1.54, 1.807) is 0 Å². The fraction of sp³-hybridized carbons (Fsp3) is 0. The molecular weight excluding hydrogens is 530 g/mol. The van der Waals surface area contributed by atoms with Gasteiger partial charge in [0, 0.05) is 11.8 Å². The molecular formula is C43H27N. The summed E-state index contributed by atoms with van der Waals surface area (Å²) < 4.78 is 0. The molecule has 0 aliphatic heterocycles. The summed E-state index contributed by atoms with van der Waals surface area (Å²) in [5.41, 5.74) is 7.14. The summed E-state index contributed by atoms with van der Waals surface area (Å²) in [6.45, 7) is 0. The fourth-order valence-electron chi connectivity index (χ4n) is 7.14. The van der Waals surface area contributed by atoms with Crippen LogP contribution in [0.15, 0.2) is 164 Å². The molecule has 44 heavy (non-hydrogen) atoms. The average Bonchev–Trinajstić information content (AvgIpc) is 3.10. The van der Waals surface area contributed by atoms with Crippen LogP contribution >= 0.6 is 0 Å². The lowest BCUT2D eigenvalue weighted by Gasteiger charge is -2.17. The average molecular weight is 558 g/mol. The van der Waals surface area contributed by atoms with Crippen LogP contribution in [-0.2, 0) is 0 Å². The van der Waals surface area contributed by atoms with Gasteiger partial charge in [-0.05, 0) is 94.3 Å². The number of rotatable bonds is 3. The first-order valence-corrected chi connectivity index (χ1v) is 15.1. The third-order valence-electron chi connectivity index (χ3n) is 9.10. The molecule has 0 atom stereocenters. The van der Waals surface area contributed by atoms with E-state index in [0.717, 1.165) is 5.69 Å². The SMILES string of the molecule is c1ccc(-c2c3ccccc3c(-c3ccc(-c4cc5c6ccccc6ccc5c5ccccc45)cc3)c3ccccc23)nc1. The van der Waals surface area contributed by atoms with Gasteiger partial charge in [-0.2, -0.15) is 0 Å². The van der Waals surface area contributed by atoms with E-state index >= 15 is 0 Å². The quantitative estimate of drug-likeness (QED) is 0.155. The number of nitrogens with zero attached hydrogens (tertiary/aromatic N) is 1. The van der Waals surface area contributed by atoms with Gasteiger partial charge < -0.3 is 0 Å². The first-order chi connectivity index (χ1) is 21.8. The van der Waals surface area contributed by atoms with Crippen LogP contribution in [0.3, 0.4) is 0 Å². The van der Waals surface area contributed by atoms with Crippen molar-refractivity contribution < 1.29 is 0 Å². The minimum Gasteiger partial charge on any atom is -0.256 e. The number of hydrogen-bond donors (Lipinski definition) is 0. The van der Waals surface area contributed by atoms with E-state index in [1.165, 1.54) is 81.7 Å². The van der Waals surface area contributed by atoms with Gasteiger partial charge in [-0.25, -0.2) is 0 Å². The second kappa shape index (κ2) is 9.90. The predicted molar refractivity (Wildman–Crippen MR) is 188 cm³/mol. The Morgan fingerprint density at radius 1 is 0.318 bits per heavy atom. The Balaban J connectivity index is 1.28. The van der Waals surface area contributed by atoms with E-state index in [2.05, 4.69) is 152 Å². The molecule has 0 aliphatic carbocycles. The van der Waals surface area contributed by atoms with Crippen molar-refractivity contribution in [2.75, 3.05) is 0 Å². The highest BCUT2D eigenvalue weighted by atomic mass is 14.7. The smallest absolute Gasteiger partial charge is 0.0714 e. The zero-order chi connectivity index (χ0) is 29.0. The van der Waals surface area contributed by atoms with Gasteiger partial charge in [-0.15, -0.1) is 0 Å². The normalized spacial score (nSPS) is 11.6. The molecule has 0 spiro atoms. The molecule has 1 aromatic heterocycles. The maximum atomic E-state index is 4.76. The Bertz CT molecular complexity index is 2470. The van der Waals surface area contributed by atoms with Gasteiger partial charge in [0.2, 0.25) is 0 Å². The van der Waals surface area contributed by atoms with E-state index in [1.807, 2.05) is 12.3 Å². The lowest BCUT2D eigenvalue weighted by atomic mass is 9.86. The number of pyridine rings is 1. The minimum absolute atomic E-state index is 0.998. The van der Waals surface area contributed by atoms with E-state index in [0.29, 0.717) is 0 Å². The van der Waals surface area contributed by atoms with Crippen molar-refractivity contribution in [1.82, 2.24) is 4.98 Å². The molecule has 9 aromatic rings. The zero-order valence-electron chi connectivity index (χ0n) is 24.0. The molecule has 0 bridgehead atoms. The molecule has 0 saturated carbocycles. The lowest BCUT2D eigenvalue weighted by molar-refractivity contribution is 1.34. The number of benzene rings is 8. The Hall–Kier alpha value is -5.79. The van der Waals surface area contributed by atoms with E-state index in [-0.39, 0.29) is 0 Å². The molecule has 8 aromatic carbocycles. The van der Waals surface area contributed by atoms with Crippen LogP contribution < -0.4 is 0 Å². The standard InChI is InChI=1S/C43H27N/c1-2-12-31-28(11-1)24-25-34-32-13-3-4-14-33(32)39(27-40(31)34)29-20-22-30(23-21-29)42-35-15-5-7-17-37(35)43(41-19-9-10-26-44-41)38-18-8-6-16-36(38)42/h1-27H. The molecule has 0 unspecified atom stereocenters. The second-order valence-electron chi connectivity index (χ2n) is 11.5. The molecule has 1 heteroatoms. The molecule has 0 fully saturated rings. The number of aromatic nitrogens is 1. The summed E-state index contributed by atoms with van der Waals surface area (Å²) in [5.74, 6) is 0. The third kappa shape index (κ3) is 3.76. The molecule has 1 heterocycles. The van der Waals surface area contributed by atoms with Gasteiger partial charge in [0.25, 0.3) is 0 Å². The first-order valence-electron chi connectivity index (χ1n) is 15.1. The van der Waals surface area contributed by atoms with Crippen molar-refractivity contribution in [3.8, 4) is 33.5 Å². The van der Waals surface area contributed by atoms with Gasteiger partial charge >= 0.3 is 0 Å². The van der Waals surface area contributed by atoms with Crippen molar-refractivity contribution in [2.24, 2.45) is 0 Å². The zero-order valence-corrected chi connectivity index (χ0v) is 24.0. The van der Waals surface area contributed by atoms with Gasteiger partial charge in [-0.3, -0.25) is 4.98 Å². The van der Waals surface area contributed by atoms with Gasteiger partial charge in [0.1, 0.15) is 0 Å². The maximum absolute atomic E-state index is 4.76. The van der Waals surface area contributed by atoms with Gasteiger partial charge in [0.05, 0.1) is 5.69 Å². The number of hydrogen-bond acceptors (Lipinski definition) is 1. The van der Waals surface area contributed by atoms with Gasteiger partial charge in [-0.1, -0.05) is 140 Å². The predicted octanol–water partition coefficient (Wildman–Crippen LogP) is 11.8. The Kier molecular flexibility index (Phi) is 5.57. The van der Waals surface area contributed by atoms with Crippen LogP contribution in [0.2, 0.25) is 0 Å². The monoisotopic (exact) mass is 557 g/mol. The molecule has 0 N–H and O–H groups in total. The second-order valence-corrected chi connectivity index (χ2v) is 11.5. The molecule has 204 valence electrons. The van der Waals surface area contributed by atoms with Crippen molar-refractivity contribution in [3.05, 3.63) is 164 Å². The summed E-state index contributed by atoms with van der Waals surface area (Å²) in [5, 5.41) is 12.6. The van der Waals surface area contributed by atoms with Gasteiger partial charge in [0.15, 0.2) is 0 Å². The van der Waals surface area contributed by atoms with E-state index in [4.69, 9.17) is 4.98 Å². The van der Waals surface area contributed by atoms with Crippen molar-refractivity contribution in [1.29, 1.82) is 0 Å². The summed E-state index contributed by atoms with van der Waals surface area (Å²) in [6, 6.07) is 57.3. The van der Waals surface area contributed by atoms with E-state index in [9.17, 15) is 0 Å². The highest BCUT2D eigenvalue weighted by Crippen LogP contribution is 2.44. The summed E-state index contributed by atoms with van der Waals surface area (Å²) in [4.78, 5) is 4.76. The van der Waals surface area contributed by atoms with E-state index < -0.39 is 0 Å². The summed E-state index contributed by atoms with van der Waals surface area (Å²) in [6.07, 6.45) is 1.88. The van der Waals surface area contributed by atoms with Crippen molar-refractivity contribution in [3.63, 3.8) is 0 Å². The largest absolute Gasteiger partial charge is 0.256 e. The highest BCUT2D eigenvalue weighted by molar-refractivity contribution is 6.22. The Labute approximate surface area is 255 Å². The molecule has 0 saturated heterocycles. The lowest BCUT2D eigenvalue weighted by Crippen LogP contribution is -1.92. The first kappa shape index (κ1) is 24.8. The summed E-state index contributed by atoms with van der Waals surface area (Å²) in [7, 11) is 0. The van der Waals surface area contributed by atoms with Crippen LogP contribution in [0.1, 0.15) is 0 Å². The third-order valence-corrected chi connectivity index (χ3v) is 9.10. The molecule has 0 aliphatic rings. The Morgan fingerprint density at radius 3 is 1.50 bits per heavy atom. The van der Waals surface area contributed by atoms with Crippen LogP contribution in [0.5, 0.6) is 0 Å². The topological polar surface area (TPSA) is 12.9 Å². The van der Waals surface area contributed by atoms with Crippen LogP contribution in [0.25, 0.3) is 87.4 Å². The Morgan fingerprint density at radius 2 is 0.841 bits per heavy atom. The van der Waals surface area contributed by atoms with Crippen LogP contribution in [0.4, 0.5) is 0 Å². The van der Waals surface area contributed by atoms with Crippen molar-refractivity contribution >= 4 is 53.9 Å². The maximum Gasteiger partial charge on any atom is 0.0714 e. The minimum atomic E-state index is 0.998. The molecule has 0 radical (unpaired) electrons. The molecule has 0 amide bonds.